The van der Waals surface area contributed by atoms with E-state index in [0.717, 1.165) is 50.3 Å². The number of hydrogen-bond donors (Lipinski definition) is 0. The zero-order chi connectivity index (χ0) is 45.0. The maximum absolute atomic E-state index is 5.41. The molecule has 0 N–H and O–H groups in total. The fourth-order valence-electron chi connectivity index (χ4n) is 10.7. The van der Waals surface area contributed by atoms with Gasteiger partial charge in [-0.3, -0.25) is 0 Å². The highest BCUT2D eigenvalue weighted by molar-refractivity contribution is 7.25. The van der Waals surface area contributed by atoms with Crippen molar-refractivity contribution in [1.29, 1.82) is 0 Å². The lowest BCUT2D eigenvalue weighted by Crippen LogP contribution is -2.28. The van der Waals surface area contributed by atoms with Crippen molar-refractivity contribution in [2.24, 2.45) is 0 Å². The van der Waals surface area contributed by atoms with Gasteiger partial charge in [0.2, 0.25) is 0 Å². The minimum Gasteiger partial charge on any atom is -0.228 e. The maximum Gasteiger partial charge on any atom is 0.160 e. The van der Waals surface area contributed by atoms with E-state index in [2.05, 4.69) is 249 Å². The zero-order valence-electron chi connectivity index (χ0n) is 37.1. The van der Waals surface area contributed by atoms with Crippen LogP contribution in [0.3, 0.4) is 0 Å². The number of aromatic nitrogens is 2. The molecule has 1 aliphatic carbocycles. The summed E-state index contributed by atoms with van der Waals surface area (Å²) in [5.74, 6) is 0.686. The van der Waals surface area contributed by atoms with Gasteiger partial charge in [-0.2, -0.15) is 0 Å². The molecule has 2 nitrogen and oxygen atoms in total. The van der Waals surface area contributed by atoms with Crippen LogP contribution in [0.1, 0.15) is 22.3 Å². The Kier molecular flexibility index (Phi) is 9.62. The van der Waals surface area contributed by atoms with Gasteiger partial charge in [0.25, 0.3) is 0 Å². The Morgan fingerprint density at radius 1 is 0.294 bits per heavy atom. The summed E-state index contributed by atoms with van der Waals surface area (Å²) in [6.07, 6.45) is 0. The quantitative estimate of drug-likeness (QED) is 0.152. The van der Waals surface area contributed by atoms with Crippen LogP contribution in [-0.4, -0.2) is 9.97 Å². The largest absolute Gasteiger partial charge is 0.228 e. The second kappa shape index (κ2) is 16.4. The van der Waals surface area contributed by atoms with E-state index in [-0.39, 0.29) is 0 Å². The first kappa shape index (κ1) is 39.8. The van der Waals surface area contributed by atoms with Crippen LogP contribution in [0.25, 0.3) is 98.6 Å². The molecule has 0 amide bonds. The summed E-state index contributed by atoms with van der Waals surface area (Å²) in [5, 5.41) is 2.59. The maximum atomic E-state index is 5.41. The first-order chi connectivity index (χ1) is 33.7. The molecule has 0 atom stereocenters. The molecule has 0 unspecified atom stereocenters. The fraction of sp³-hybridized carbons (Fsp3) is 0.0154. The van der Waals surface area contributed by atoms with Crippen LogP contribution in [0.2, 0.25) is 0 Å². The van der Waals surface area contributed by atoms with Crippen molar-refractivity contribution in [3.8, 4) is 78.4 Å². The average Bonchev–Trinajstić information content (AvgIpc) is 3.95. The lowest BCUT2D eigenvalue weighted by atomic mass is 9.67. The molecule has 318 valence electrons. The Labute approximate surface area is 400 Å². The van der Waals surface area contributed by atoms with E-state index in [0.29, 0.717) is 5.82 Å². The summed E-state index contributed by atoms with van der Waals surface area (Å²) in [7, 11) is 0. The van der Waals surface area contributed by atoms with Crippen molar-refractivity contribution < 1.29 is 0 Å². The van der Waals surface area contributed by atoms with Gasteiger partial charge in [-0.25, -0.2) is 9.97 Å². The number of thiophene rings is 1. The van der Waals surface area contributed by atoms with Gasteiger partial charge in [-0.1, -0.05) is 206 Å². The Morgan fingerprint density at radius 2 is 0.809 bits per heavy atom. The summed E-state index contributed by atoms with van der Waals surface area (Å²) in [6, 6.07) is 92.6. The molecular formula is C65H42N2S. The van der Waals surface area contributed by atoms with E-state index < -0.39 is 5.41 Å². The Hall–Kier alpha value is -8.50. The zero-order valence-corrected chi connectivity index (χ0v) is 37.9. The van der Waals surface area contributed by atoms with Crippen LogP contribution in [0.15, 0.2) is 255 Å². The molecule has 2 aromatic heterocycles. The van der Waals surface area contributed by atoms with E-state index >= 15 is 0 Å². The van der Waals surface area contributed by atoms with Crippen molar-refractivity contribution in [2.75, 3.05) is 0 Å². The molecule has 0 saturated heterocycles. The highest BCUT2D eigenvalue weighted by Gasteiger charge is 2.46. The molecule has 12 aromatic rings. The number of hydrogen-bond acceptors (Lipinski definition) is 3. The molecular weight excluding hydrogens is 841 g/mol. The second-order valence-electron chi connectivity index (χ2n) is 17.6. The first-order valence-corrected chi connectivity index (χ1v) is 24.0. The van der Waals surface area contributed by atoms with Crippen LogP contribution < -0.4 is 0 Å². The molecule has 0 saturated carbocycles. The first-order valence-electron chi connectivity index (χ1n) is 23.2. The van der Waals surface area contributed by atoms with Gasteiger partial charge in [0.15, 0.2) is 5.82 Å². The Balaban J connectivity index is 1.02. The molecule has 13 rings (SSSR count). The van der Waals surface area contributed by atoms with Gasteiger partial charge in [0.05, 0.1) is 16.8 Å². The second-order valence-corrected chi connectivity index (χ2v) is 18.7. The number of nitrogens with zero attached hydrogens (tertiary/aromatic N) is 2. The van der Waals surface area contributed by atoms with Gasteiger partial charge in [0.1, 0.15) is 0 Å². The minimum atomic E-state index is -0.506. The lowest BCUT2D eigenvalue weighted by Gasteiger charge is -2.34. The van der Waals surface area contributed by atoms with E-state index in [1.54, 1.807) is 0 Å². The van der Waals surface area contributed by atoms with Gasteiger partial charge >= 0.3 is 0 Å². The predicted molar refractivity (Wildman–Crippen MR) is 285 cm³/mol. The third-order valence-corrected chi connectivity index (χ3v) is 14.9. The van der Waals surface area contributed by atoms with Crippen LogP contribution in [-0.2, 0) is 5.41 Å². The predicted octanol–water partition coefficient (Wildman–Crippen LogP) is 17.2. The van der Waals surface area contributed by atoms with Gasteiger partial charge in [0, 0.05) is 36.9 Å². The van der Waals surface area contributed by atoms with Crippen LogP contribution in [0.4, 0.5) is 0 Å². The average molecular weight is 883 g/mol. The SMILES string of the molecule is c1ccc(-c2cc(-c3cc(-c4cccc(-c5ccc6sc7ccccc7c6c5)c4)nc(-c4ccccc4)n3)cc(-c3cccc4c3-c3ccccc3C4(c3ccccc3)c3ccccc3)c2)cc1. The highest BCUT2D eigenvalue weighted by atomic mass is 32.1. The topological polar surface area (TPSA) is 25.8 Å². The van der Waals surface area contributed by atoms with Crippen molar-refractivity contribution in [1.82, 2.24) is 9.97 Å². The smallest absolute Gasteiger partial charge is 0.160 e. The third kappa shape index (κ3) is 6.62. The molecule has 0 bridgehead atoms. The molecule has 0 spiro atoms. The summed E-state index contributed by atoms with van der Waals surface area (Å²) in [6.45, 7) is 0. The van der Waals surface area contributed by atoms with Crippen LogP contribution >= 0.6 is 11.3 Å². The molecule has 10 aromatic carbocycles. The summed E-state index contributed by atoms with van der Waals surface area (Å²) >= 11 is 1.85. The monoisotopic (exact) mass is 882 g/mol. The summed E-state index contributed by atoms with van der Waals surface area (Å²) < 4.78 is 2.61. The standard InChI is InChI=1S/C65H42N2S/c1-5-19-43(20-6-1)48-38-49(53-31-18-33-58-63(53)55-30-13-15-32-57(55)65(58,51-25-9-3-10-26-51)52-27-11-4-12-28-52)40-50(39-48)60-42-59(66-64(67-60)44-21-7-2-8-22-44)47-24-17-23-45(37-47)46-35-36-62-56(41-46)54-29-14-16-34-61(54)68-62/h1-42H. The van der Waals surface area contributed by atoms with E-state index in [1.807, 2.05) is 17.4 Å². The van der Waals surface area contributed by atoms with Crippen LogP contribution in [0.5, 0.6) is 0 Å². The normalized spacial score (nSPS) is 12.5. The minimum absolute atomic E-state index is 0.506. The van der Waals surface area contributed by atoms with Gasteiger partial charge < -0.3 is 0 Å². The van der Waals surface area contributed by atoms with Crippen molar-refractivity contribution in [3.05, 3.63) is 277 Å². The van der Waals surface area contributed by atoms with Crippen molar-refractivity contribution >= 4 is 31.5 Å². The Bertz CT molecular complexity index is 3800. The molecule has 0 aliphatic heterocycles. The molecule has 0 radical (unpaired) electrons. The lowest BCUT2D eigenvalue weighted by molar-refractivity contribution is 0.768. The molecule has 2 heterocycles. The molecule has 1 aliphatic rings. The van der Waals surface area contributed by atoms with Crippen molar-refractivity contribution in [3.63, 3.8) is 0 Å². The summed E-state index contributed by atoms with van der Waals surface area (Å²) in [5.41, 5.74) is 18.7. The van der Waals surface area contributed by atoms with Gasteiger partial charge in [-0.05, 0) is 115 Å². The van der Waals surface area contributed by atoms with E-state index in [1.165, 1.54) is 64.7 Å². The molecule has 68 heavy (non-hydrogen) atoms. The third-order valence-electron chi connectivity index (χ3n) is 13.8. The van der Waals surface area contributed by atoms with Crippen molar-refractivity contribution in [2.45, 2.75) is 5.41 Å². The number of benzene rings is 10. The fourth-order valence-corrected chi connectivity index (χ4v) is 11.8. The van der Waals surface area contributed by atoms with E-state index in [4.69, 9.17) is 9.97 Å². The number of fused-ring (bicyclic) bond motifs is 6. The highest BCUT2D eigenvalue weighted by Crippen LogP contribution is 2.58. The van der Waals surface area contributed by atoms with Gasteiger partial charge in [-0.15, -0.1) is 11.3 Å². The molecule has 3 heteroatoms. The van der Waals surface area contributed by atoms with E-state index in [9.17, 15) is 0 Å². The molecule has 0 fully saturated rings. The Morgan fingerprint density at radius 3 is 1.57 bits per heavy atom. The van der Waals surface area contributed by atoms with Crippen LogP contribution in [0, 0.1) is 0 Å². The number of rotatable bonds is 8. The summed E-state index contributed by atoms with van der Waals surface area (Å²) in [4.78, 5) is 10.7.